The van der Waals surface area contributed by atoms with Crippen molar-refractivity contribution >= 4 is 11.8 Å². The van der Waals surface area contributed by atoms with E-state index in [0.717, 1.165) is 6.42 Å². The van der Waals surface area contributed by atoms with Crippen molar-refractivity contribution in [3.8, 4) is 0 Å². The van der Waals surface area contributed by atoms with E-state index >= 15 is 0 Å². The van der Waals surface area contributed by atoms with Gasteiger partial charge in [-0.2, -0.15) is 0 Å². The van der Waals surface area contributed by atoms with Crippen LogP contribution in [0.1, 0.15) is 23.7 Å². The number of amides is 2. The molecule has 0 bridgehead atoms. The van der Waals surface area contributed by atoms with Crippen molar-refractivity contribution in [3.63, 3.8) is 0 Å². The van der Waals surface area contributed by atoms with Crippen molar-refractivity contribution in [1.82, 2.24) is 10.2 Å². The van der Waals surface area contributed by atoms with Crippen LogP contribution in [0.2, 0.25) is 0 Å². The average Bonchev–Trinajstić information content (AvgIpc) is 2.80. The second kappa shape index (κ2) is 5.21. The van der Waals surface area contributed by atoms with Gasteiger partial charge in [-0.3, -0.25) is 9.59 Å². The normalized spacial score (nSPS) is 22.9. The maximum Gasteiger partial charge on any atom is 0.254 e. The number of carbonyl (C=O) groups excluding carboxylic acids is 2. The minimum absolute atomic E-state index is 0.0615. The van der Waals surface area contributed by atoms with Crippen molar-refractivity contribution in [2.45, 2.75) is 19.4 Å². The number of hydrogen-bond acceptors (Lipinski definition) is 2. The molecule has 1 heterocycles. The Morgan fingerprint density at radius 3 is 2.56 bits per heavy atom. The molecular weight excluding hydrogens is 228 g/mol. The molecule has 0 radical (unpaired) electrons. The molecule has 4 nitrogen and oxygen atoms in total. The molecule has 0 saturated carbocycles. The Hall–Kier alpha value is -1.84. The number of rotatable bonds is 2. The predicted molar refractivity (Wildman–Crippen MR) is 69.1 cm³/mol. The molecule has 1 aromatic rings. The van der Waals surface area contributed by atoms with Crippen molar-refractivity contribution in [2.75, 3.05) is 13.6 Å². The second-order valence-corrected chi connectivity index (χ2v) is 4.79. The van der Waals surface area contributed by atoms with E-state index in [1.54, 1.807) is 24.1 Å². The number of nitrogens with zero attached hydrogens (tertiary/aromatic N) is 1. The highest BCUT2D eigenvalue weighted by atomic mass is 16.2. The van der Waals surface area contributed by atoms with Gasteiger partial charge in [0.25, 0.3) is 5.91 Å². The lowest BCUT2D eigenvalue weighted by Gasteiger charge is -2.23. The molecule has 18 heavy (non-hydrogen) atoms. The molecule has 1 fully saturated rings. The first kappa shape index (κ1) is 12.6. The van der Waals surface area contributed by atoms with Gasteiger partial charge in [0.05, 0.1) is 0 Å². The van der Waals surface area contributed by atoms with Crippen LogP contribution in [0.3, 0.4) is 0 Å². The quantitative estimate of drug-likeness (QED) is 0.854. The molecule has 1 unspecified atom stereocenters. The summed E-state index contributed by atoms with van der Waals surface area (Å²) in [6.07, 6.45) is 0.734. The van der Waals surface area contributed by atoms with Gasteiger partial charge in [0.15, 0.2) is 0 Å². The van der Waals surface area contributed by atoms with E-state index in [0.29, 0.717) is 18.0 Å². The van der Waals surface area contributed by atoms with Gasteiger partial charge in [-0.15, -0.1) is 0 Å². The Labute approximate surface area is 107 Å². The van der Waals surface area contributed by atoms with Crippen LogP contribution in [0, 0.1) is 5.92 Å². The van der Waals surface area contributed by atoms with Crippen LogP contribution < -0.4 is 5.32 Å². The van der Waals surface area contributed by atoms with Gasteiger partial charge >= 0.3 is 0 Å². The number of likely N-dealkylation sites (N-methyl/N-ethyl adjacent to an activating group) is 1. The predicted octanol–water partition coefficient (Wildman–Crippen LogP) is 1.28. The van der Waals surface area contributed by atoms with E-state index in [-0.39, 0.29) is 17.9 Å². The van der Waals surface area contributed by atoms with Gasteiger partial charge in [-0.25, -0.2) is 0 Å². The number of nitrogens with one attached hydrogen (secondary N) is 1. The van der Waals surface area contributed by atoms with Crippen molar-refractivity contribution in [2.24, 2.45) is 5.92 Å². The van der Waals surface area contributed by atoms with E-state index in [4.69, 9.17) is 0 Å². The summed E-state index contributed by atoms with van der Waals surface area (Å²) in [5, 5.41) is 2.63. The summed E-state index contributed by atoms with van der Waals surface area (Å²) in [5.41, 5.74) is 0.639. The average molecular weight is 246 g/mol. The molecule has 0 aromatic heterocycles. The molecule has 0 aliphatic carbocycles. The fourth-order valence-electron chi connectivity index (χ4n) is 2.43. The Balaban J connectivity index is 2.21. The van der Waals surface area contributed by atoms with Crippen molar-refractivity contribution in [3.05, 3.63) is 35.9 Å². The third-order valence-electron chi connectivity index (χ3n) is 3.34. The molecule has 1 aromatic carbocycles. The van der Waals surface area contributed by atoms with E-state index in [2.05, 4.69) is 12.2 Å². The van der Waals surface area contributed by atoms with Crippen molar-refractivity contribution in [1.29, 1.82) is 0 Å². The lowest BCUT2D eigenvalue weighted by Crippen LogP contribution is -2.44. The molecule has 4 heteroatoms. The van der Waals surface area contributed by atoms with Gasteiger partial charge in [-0.1, -0.05) is 25.1 Å². The first-order valence-electron chi connectivity index (χ1n) is 6.21. The summed E-state index contributed by atoms with van der Waals surface area (Å²) in [6, 6.07) is 8.78. The van der Waals surface area contributed by atoms with E-state index < -0.39 is 0 Å². The first-order valence-corrected chi connectivity index (χ1v) is 6.21. The molecule has 2 atom stereocenters. The SMILES string of the molecule is CNC(=O)[C@H]1CC(C)CN1C(=O)c1ccccc1. The van der Waals surface area contributed by atoms with E-state index in [9.17, 15) is 9.59 Å². The largest absolute Gasteiger partial charge is 0.357 e. The first-order chi connectivity index (χ1) is 8.63. The number of likely N-dealkylation sites (tertiary alicyclic amines) is 1. The molecule has 1 saturated heterocycles. The Bertz CT molecular complexity index is 444. The number of benzene rings is 1. The molecular formula is C14H18N2O2. The van der Waals surface area contributed by atoms with Crippen molar-refractivity contribution < 1.29 is 9.59 Å². The molecule has 1 aliphatic rings. The van der Waals surface area contributed by atoms with Crippen LogP contribution in [-0.2, 0) is 4.79 Å². The number of carbonyl (C=O) groups is 2. The van der Waals surface area contributed by atoms with Gasteiger partial charge < -0.3 is 10.2 Å². The zero-order valence-electron chi connectivity index (χ0n) is 10.7. The maximum atomic E-state index is 12.4. The van der Waals surface area contributed by atoms with E-state index in [1.807, 2.05) is 18.2 Å². The highest BCUT2D eigenvalue weighted by molar-refractivity contribution is 5.97. The zero-order chi connectivity index (χ0) is 13.1. The summed E-state index contributed by atoms with van der Waals surface area (Å²) in [5.74, 6) is 0.220. The van der Waals surface area contributed by atoms with Gasteiger partial charge in [0, 0.05) is 19.2 Å². The summed E-state index contributed by atoms with van der Waals surface area (Å²) >= 11 is 0. The van der Waals surface area contributed by atoms with Gasteiger partial charge in [-0.05, 0) is 24.5 Å². The van der Waals surface area contributed by atoms with Crippen LogP contribution in [0.4, 0.5) is 0 Å². The third-order valence-corrected chi connectivity index (χ3v) is 3.34. The zero-order valence-corrected chi connectivity index (χ0v) is 10.7. The molecule has 1 N–H and O–H groups in total. The Morgan fingerprint density at radius 2 is 1.94 bits per heavy atom. The molecule has 1 aliphatic heterocycles. The van der Waals surface area contributed by atoms with Crippen LogP contribution in [0.25, 0.3) is 0 Å². The maximum absolute atomic E-state index is 12.4. The van der Waals surface area contributed by atoms with Crippen LogP contribution in [0.5, 0.6) is 0 Å². The van der Waals surface area contributed by atoms with Crippen LogP contribution in [0.15, 0.2) is 30.3 Å². The summed E-state index contributed by atoms with van der Waals surface area (Å²) in [4.78, 5) is 25.8. The summed E-state index contributed by atoms with van der Waals surface area (Å²) < 4.78 is 0. The Morgan fingerprint density at radius 1 is 1.28 bits per heavy atom. The minimum atomic E-state index is -0.335. The van der Waals surface area contributed by atoms with Crippen LogP contribution >= 0.6 is 0 Å². The minimum Gasteiger partial charge on any atom is -0.357 e. The van der Waals surface area contributed by atoms with E-state index in [1.165, 1.54) is 0 Å². The fraction of sp³-hybridized carbons (Fsp3) is 0.429. The Kier molecular flexibility index (Phi) is 3.65. The molecule has 2 rings (SSSR count). The van der Waals surface area contributed by atoms with Gasteiger partial charge in [0.2, 0.25) is 5.91 Å². The molecule has 2 amide bonds. The molecule has 96 valence electrons. The third kappa shape index (κ3) is 2.37. The standard InChI is InChI=1S/C14H18N2O2/c1-10-8-12(13(17)15-2)16(9-10)14(18)11-6-4-3-5-7-11/h3-7,10,12H,8-9H2,1-2H3,(H,15,17)/t10?,12-/m1/s1. The van der Waals surface area contributed by atoms with Gasteiger partial charge in [0.1, 0.15) is 6.04 Å². The number of hydrogen-bond donors (Lipinski definition) is 1. The summed E-state index contributed by atoms with van der Waals surface area (Å²) in [6.45, 7) is 2.71. The lowest BCUT2D eigenvalue weighted by atomic mass is 10.1. The summed E-state index contributed by atoms with van der Waals surface area (Å²) in [7, 11) is 1.61. The highest BCUT2D eigenvalue weighted by Crippen LogP contribution is 2.24. The topological polar surface area (TPSA) is 49.4 Å². The second-order valence-electron chi connectivity index (χ2n) is 4.79. The molecule has 0 spiro atoms. The monoisotopic (exact) mass is 246 g/mol. The van der Waals surface area contributed by atoms with Crippen LogP contribution in [-0.4, -0.2) is 36.3 Å². The highest BCUT2D eigenvalue weighted by Gasteiger charge is 2.37. The smallest absolute Gasteiger partial charge is 0.254 e. The lowest BCUT2D eigenvalue weighted by molar-refractivity contribution is -0.124. The fourth-order valence-corrected chi connectivity index (χ4v) is 2.43.